The highest BCUT2D eigenvalue weighted by atomic mass is 16.5. The van der Waals surface area contributed by atoms with Gasteiger partial charge in [-0.2, -0.15) is 0 Å². The molecule has 14 heavy (non-hydrogen) atoms. The third kappa shape index (κ3) is 3.25. The summed E-state index contributed by atoms with van der Waals surface area (Å²) in [5, 5.41) is 0. The molecule has 86 valence electrons. The van der Waals surface area contributed by atoms with Crippen LogP contribution in [-0.4, -0.2) is 37.7 Å². The number of hydrogen-bond acceptors (Lipinski definition) is 2. The van der Waals surface area contributed by atoms with E-state index in [1.165, 1.54) is 32.2 Å². The van der Waals surface area contributed by atoms with Crippen LogP contribution in [0.4, 0.5) is 0 Å². The fourth-order valence-corrected chi connectivity index (χ4v) is 2.30. The normalized spacial score (nSPS) is 27.2. The summed E-state index contributed by atoms with van der Waals surface area (Å²) in [6, 6.07) is 0. The molecule has 1 saturated heterocycles. The van der Waals surface area contributed by atoms with Gasteiger partial charge >= 0.3 is 0 Å². The predicted molar refractivity (Wildman–Crippen MR) is 62.7 cm³/mol. The highest BCUT2D eigenvalue weighted by Crippen LogP contribution is 2.33. The lowest BCUT2D eigenvalue weighted by atomic mass is 9.90. The average molecular weight is 201 g/mol. The van der Waals surface area contributed by atoms with Gasteiger partial charge in [-0.05, 0) is 39.3 Å². The first-order valence-electron chi connectivity index (χ1n) is 5.95. The van der Waals surface area contributed by atoms with Gasteiger partial charge in [-0.15, -0.1) is 0 Å². The van der Waals surface area contributed by atoms with Crippen molar-refractivity contribution in [1.29, 1.82) is 0 Å². The molecule has 0 radical (unpaired) electrons. The van der Waals surface area contributed by atoms with Crippen molar-refractivity contribution in [3.8, 4) is 0 Å². The van der Waals surface area contributed by atoms with E-state index in [2.05, 4.69) is 18.9 Å². The first kappa shape index (κ1) is 13.9. The molecule has 1 unspecified atom stereocenters. The minimum atomic E-state index is 0.454. The van der Waals surface area contributed by atoms with Crippen molar-refractivity contribution in [3.05, 3.63) is 0 Å². The van der Waals surface area contributed by atoms with Crippen LogP contribution in [-0.2, 0) is 4.74 Å². The van der Waals surface area contributed by atoms with Crippen molar-refractivity contribution in [1.82, 2.24) is 4.90 Å². The van der Waals surface area contributed by atoms with Gasteiger partial charge in [0, 0.05) is 19.3 Å². The summed E-state index contributed by atoms with van der Waals surface area (Å²) in [6.45, 7) is 8.45. The largest absolute Gasteiger partial charge is 0.385 e. The van der Waals surface area contributed by atoms with Gasteiger partial charge in [0.1, 0.15) is 0 Å². The number of hydrogen-bond donors (Lipinski definition) is 0. The van der Waals surface area contributed by atoms with Crippen LogP contribution in [0.2, 0.25) is 0 Å². The Hall–Kier alpha value is -0.0800. The molecule has 1 atom stereocenters. The molecule has 0 N–H and O–H groups in total. The molecule has 0 amide bonds. The van der Waals surface area contributed by atoms with Crippen LogP contribution in [0, 0.1) is 0 Å². The van der Waals surface area contributed by atoms with Gasteiger partial charge in [0.15, 0.2) is 0 Å². The maximum absolute atomic E-state index is 5.15. The van der Waals surface area contributed by atoms with E-state index in [1.807, 2.05) is 13.8 Å². The molecule has 2 nitrogen and oxygen atoms in total. The highest BCUT2D eigenvalue weighted by Gasteiger charge is 2.36. The Bertz CT molecular complexity index is 138. The van der Waals surface area contributed by atoms with E-state index in [-0.39, 0.29) is 0 Å². The summed E-state index contributed by atoms with van der Waals surface area (Å²) in [5.41, 5.74) is 0.454. The van der Waals surface area contributed by atoms with Gasteiger partial charge in [0.05, 0.1) is 0 Å². The molecule has 0 aromatic rings. The van der Waals surface area contributed by atoms with E-state index < -0.39 is 0 Å². The van der Waals surface area contributed by atoms with Crippen molar-refractivity contribution in [2.24, 2.45) is 0 Å². The Morgan fingerprint density at radius 2 is 2.00 bits per heavy atom. The molecule has 0 aromatic heterocycles. The molecule has 1 fully saturated rings. The summed E-state index contributed by atoms with van der Waals surface area (Å²) in [7, 11) is 4.03. The lowest BCUT2D eigenvalue weighted by molar-refractivity contribution is 0.0987. The summed E-state index contributed by atoms with van der Waals surface area (Å²) in [5.74, 6) is 0. The zero-order valence-corrected chi connectivity index (χ0v) is 10.6. The van der Waals surface area contributed by atoms with E-state index in [1.54, 1.807) is 7.11 Å². The average Bonchev–Trinajstić information content (AvgIpc) is 2.61. The Morgan fingerprint density at radius 1 is 1.36 bits per heavy atom. The van der Waals surface area contributed by atoms with Crippen LogP contribution < -0.4 is 0 Å². The van der Waals surface area contributed by atoms with E-state index in [0.717, 1.165) is 6.61 Å². The molecule has 0 aromatic carbocycles. The molecule has 0 bridgehead atoms. The SMILES string of the molecule is CC.CCC1(CCOC)CCCN1C. The molecule has 0 aliphatic carbocycles. The summed E-state index contributed by atoms with van der Waals surface area (Å²) >= 11 is 0. The maximum atomic E-state index is 5.15. The maximum Gasteiger partial charge on any atom is 0.0479 e. The Kier molecular flexibility index (Phi) is 7.20. The second-order valence-electron chi connectivity index (χ2n) is 3.85. The molecule has 0 saturated carbocycles. The van der Waals surface area contributed by atoms with Crippen LogP contribution in [0.1, 0.15) is 46.5 Å². The molecule has 0 spiro atoms. The Balaban J connectivity index is 0.000000791. The topological polar surface area (TPSA) is 12.5 Å². The molecule has 1 rings (SSSR count). The zero-order valence-electron chi connectivity index (χ0n) is 10.6. The zero-order chi connectivity index (χ0) is 11.0. The quantitative estimate of drug-likeness (QED) is 0.693. The number of rotatable bonds is 4. The number of nitrogens with zero attached hydrogens (tertiary/aromatic N) is 1. The van der Waals surface area contributed by atoms with Crippen molar-refractivity contribution < 1.29 is 4.74 Å². The highest BCUT2D eigenvalue weighted by molar-refractivity contribution is 4.92. The van der Waals surface area contributed by atoms with Crippen LogP contribution in [0.3, 0.4) is 0 Å². The van der Waals surface area contributed by atoms with Gasteiger partial charge in [-0.3, -0.25) is 0 Å². The van der Waals surface area contributed by atoms with Crippen LogP contribution in [0.5, 0.6) is 0 Å². The monoisotopic (exact) mass is 201 g/mol. The van der Waals surface area contributed by atoms with E-state index in [4.69, 9.17) is 4.74 Å². The fraction of sp³-hybridized carbons (Fsp3) is 1.00. The molecule has 1 heterocycles. The third-order valence-electron chi connectivity index (χ3n) is 3.38. The van der Waals surface area contributed by atoms with E-state index >= 15 is 0 Å². The molecule has 1 aliphatic rings. The van der Waals surface area contributed by atoms with E-state index in [0.29, 0.717) is 5.54 Å². The first-order valence-corrected chi connectivity index (χ1v) is 5.95. The second-order valence-corrected chi connectivity index (χ2v) is 3.85. The van der Waals surface area contributed by atoms with E-state index in [9.17, 15) is 0 Å². The van der Waals surface area contributed by atoms with Crippen LogP contribution in [0.15, 0.2) is 0 Å². The van der Waals surface area contributed by atoms with Crippen LogP contribution in [0.25, 0.3) is 0 Å². The smallest absolute Gasteiger partial charge is 0.0479 e. The number of ether oxygens (including phenoxy) is 1. The molecular weight excluding hydrogens is 174 g/mol. The molecular formula is C12H27NO. The van der Waals surface area contributed by atoms with Crippen molar-refractivity contribution >= 4 is 0 Å². The lowest BCUT2D eigenvalue weighted by Crippen LogP contribution is -2.41. The van der Waals surface area contributed by atoms with Crippen molar-refractivity contribution in [2.45, 2.75) is 52.0 Å². The molecule has 2 heteroatoms. The first-order chi connectivity index (χ1) is 6.75. The Labute approximate surface area is 89.6 Å². The van der Waals surface area contributed by atoms with Gasteiger partial charge in [0.2, 0.25) is 0 Å². The van der Waals surface area contributed by atoms with Gasteiger partial charge in [-0.1, -0.05) is 20.8 Å². The molecule has 1 aliphatic heterocycles. The number of likely N-dealkylation sites (tertiary alicyclic amines) is 1. The standard InChI is InChI=1S/C10H21NO.C2H6/c1-4-10(7-9-12-3)6-5-8-11(10)2;1-2/h4-9H2,1-3H3;1-2H3. The van der Waals surface area contributed by atoms with Gasteiger partial charge in [-0.25, -0.2) is 0 Å². The summed E-state index contributed by atoms with van der Waals surface area (Å²) in [6.07, 6.45) is 5.15. The second kappa shape index (κ2) is 7.24. The van der Waals surface area contributed by atoms with Gasteiger partial charge in [0.25, 0.3) is 0 Å². The third-order valence-corrected chi connectivity index (χ3v) is 3.38. The predicted octanol–water partition coefficient (Wildman–Crippen LogP) is 2.92. The van der Waals surface area contributed by atoms with Gasteiger partial charge < -0.3 is 9.64 Å². The summed E-state index contributed by atoms with van der Waals surface area (Å²) < 4.78 is 5.15. The van der Waals surface area contributed by atoms with Crippen LogP contribution >= 0.6 is 0 Å². The minimum Gasteiger partial charge on any atom is -0.385 e. The Morgan fingerprint density at radius 3 is 2.36 bits per heavy atom. The van der Waals surface area contributed by atoms with Crippen molar-refractivity contribution in [3.63, 3.8) is 0 Å². The van der Waals surface area contributed by atoms with Crippen molar-refractivity contribution in [2.75, 3.05) is 27.3 Å². The fourth-order valence-electron chi connectivity index (χ4n) is 2.30. The number of methoxy groups -OCH3 is 1. The lowest BCUT2D eigenvalue weighted by Gasteiger charge is -2.35. The minimum absolute atomic E-state index is 0.454. The summed E-state index contributed by atoms with van der Waals surface area (Å²) in [4.78, 5) is 2.51.